The number of ketones is 1. The summed E-state index contributed by atoms with van der Waals surface area (Å²) in [7, 11) is -4.90. The van der Waals surface area contributed by atoms with Gasteiger partial charge in [-0.2, -0.15) is 0 Å². The molecular weight excluding hydrogens is 709 g/mol. The van der Waals surface area contributed by atoms with Crippen LogP contribution < -0.4 is 10.2 Å². The van der Waals surface area contributed by atoms with E-state index in [9.17, 15) is 28.6 Å². The summed E-state index contributed by atoms with van der Waals surface area (Å²) in [5.74, 6) is -1.47. The van der Waals surface area contributed by atoms with Crippen molar-refractivity contribution in [1.29, 1.82) is 0 Å². The smallest absolute Gasteiger partial charge is 0.305 e. The van der Waals surface area contributed by atoms with Crippen LogP contribution in [0.2, 0.25) is 0 Å². The van der Waals surface area contributed by atoms with Crippen LogP contribution in [-0.2, 0) is 42.3 Å². The minimum atomic E-state index is -4.90. The maximum atomic E-state index is 12.6. The largest absolute Gasteiger partial charge is 0.756 e. The fourth-order valence-corrected chi connectivity index (χ4v) is 7.00. The zero-order chi connectivity index (χ0) is 40.0. The van der Waals surface area contributed by atoms with Gasteiger partial charge in [0, 0.05) is 32.2 Å². The number of ether oxygens (including phenoxy) is 2. The number of nitrogens with one attached hydrogen (secondary N) is 1. The van der Waals surface area contributed by atoms with Gasteiger partial charge in [0.05, 0.1) is 6.61 Å². The summed E-state index contributed by atoms with van der Waals surface area (Å²) in [5.41, 5.74) is 0. The maximum Gasteiger partial charge on any atom is 0.305 e. The molecule has 0 radical (unpaired) electrons. The summed E-state index contributed by atoms with van der Waals surface area (Å²) in [6, 6.07) is 0. The highest BCUT2D eigenvalue weighted by atomic mass is 31.2. The topological polar surface area (TPSA) is 157 Å². The normalized spacial score (nSPS) is 12.5. The minimum absolute atomic E-state index is 0.00169. The number of esters is 2. The van der Waals surface area contributed by atoms with Crippen LogP contribution in [0, 0.1) is 0 Å². The third-order valence-electron chi connectivity index (χ3n) is 9.49. The summed E-state index contributed by atoms with van der Waals surface area (Å²) in [6.45, 7) is 4.52. The Kier molecular flexibility index (Phi) is 36.8. The fraction of sp³-hybridized carbons (Fsp3) is 0.905. The van der Waals surface area contributed by atoms with Crippen LogP contribution in [0.15, 0.2) is 0 Å². The second-order valence-electron chi connectivity index (χ2n) is 14.9. The lowest BCUT2D eigenvalue weighted by atomic mass is 10.0. The minimum Gasteiger partial charge on any atom is -0.756 e. The molecule has 0 aromatic heterocycles. The Morgan fingerprint density at radius 2 is 0.889 bits per heavy atom. The van der Waals surface area contributed by atoms with Gasteiger partial charge in [-0.1, -0.05) is 168 Å². The average molecular weight is 789 g/mol. The Morgan fingerprint density at radius 3 is 1.24 bits per heavy atom. The van der Waals surface area contributed by atoms with E-state index in [2.05, 4.69) is 19.2 Å². The molecule has 11 nitrogen and oxygen atoms in total. The van der Waals surface area contributed by atoms with Crippen LogP contribution in [0.25, 0.3) is 0 Å². The van der Waals surface area contributed by atoms with Crippen molar-refractivity contribution in [2.75, 3.05) is 26.4 Å². The molecule has 1 atom stereocenters. The summed E-state index contributed by atoms with van der Waals surface area (Å²) >= 11 is 0. The molecule has 0 aromatic rings. The molecule has 54 heavy (non-hydrogen) atoms. The van der Waals surface area contributed by atoms with Crippen LogP contribution in [0.1, 0.15) is 213 Å². The number of carbonyl (C=O) groups excluding carboxylic acids is 4. The van der Waals surface area contributed by atoms with E-state index in [1.54, 1.807) is 0 Å². The number of phosphoric acid groups is 1. The number of carbonyl (C=O) groups is 4. The van der Waals surface area contributed by atoms with Gasteiger partial charge in [-0.15, -0.1) is 0 Å². The van der Waals surface area contributed by atoms with E-state index in [1.165, 1.54) is 122 Å². The molecule has 0 saturated heterocycles. The predicted molar refractivity (Wildman–Crippen MR) is 214 cm³/mol. The molecule has 0 fully saturated rings. The van der Waals surface area contributed by atoms with Crippen LogP contribution in [0.4, 0.5) is 0 Å². The number of amides is 1. The maximum absolute atomic E-state index is 12.6. The fourth-order valence-electron chi connectivity index (χ4n) is 6.14. The Labute approximate surface area is 329 Å². The van der Waals surface area contributed by atoms with Gasteiger partial charge in [0.1, 0.15) is 25.1 Å². The highest BCUT2D eigenvalue weighted by Crippen LogP contribution is 2.39. The molecule has 0 aliphatic heterocycles. The molecule has 1 unspecified atom stereocenters. The van der Waals surface area contributed by atoms with Gasteiger partial charge < -0.3 is 33.5 Å². The molecule has 0 heterocycles. The van der Waals surface area contributed by atoms with E-state index in [-0.39, 0.29) is 38.0 Å². The van der Waals surface area contributed by atoms with E-state index in [4.69, 9.17) is 18.5 Å². The summed E-state index contributed by atoms with van der Waals surface area (Å²) in [4.78, 5) is 60.3. The molecule has 0 aromatic carbocycles. The van der Waals surface area contributed by atoms with Crippen molar-refractivity contribution < 1.29 is 47.2 Å². The van der Waals surface area contributed by atoms with Crippen LogP contribution in [0.3, 0.4) is 0 Å². The number of unbranched alkanes of at least 4 members (excludes halogenated alkanes) is 24. The van der Waals surface area contributed by atoms with Gasteiger partial charge in [-0.05, 0) is 19.8 Å². The van der Waals surface area contributed by atoms with Crippen LogP contribution in [-0.4, -0.2) is 56.1 Å². The summed E-state index contributed by atoms with van der Waals surface area (Å²) in [6.07, 6.45) is 30.2. The van der Waals surface area contributed by atoms with E-state index in [1.807, 2.05) is 0 Å². The third kappa shape index (κ3) is 38.5. The van der Waals surface area contributed by atoms with Gasteiger partial charge in [-0.3, -0.25) is 18.9 Å². The van der Waals surface area contributed by atoms with Crippen molar-refractivity contribution in [3.8, 4) is 0 Å². The van der Waals surface area contributed by atoms with Crippen molar-refractivity contribution >= 4 is 31.5 Å². The lowest BCUT2D eigenvalue weighted by molar-refractivity contribution is -0.233. The summed E-state index contributed by atoms with van der Waals surface area (Å²) < 4.78 is 33.2. The number of phosphoric ester groups is 1. The average Bonchev–Trinajstić information content (AvgIpc) is 3.14. The molecule has 0 saturated carbocycles. The monoisotopic (exact) mass is 789 g/mol. The quantitative estimate of drug-likeness (QED) is 0.0359. The SMILES string of the molecule is CCCCCCCCCCCCCCCC(=O)OCC(COC(=O)CCCCCCCCCCCCCCC)OP(=O)([O-])OCCNC(=O)CCC(C)=O. The standard InChI is InChI=1S/C42H80NO10P/c1-4-6-8-10-12-14-16-18-20-22-24-26-28-30-41(46)50-36-39(53-54(48,49)52-35-34-43-40(45)33-32-38(3)44)37-51-42(47)31-29-27-25-23-21-19-17-15-13-11-9-7-5-2/h39H,4-37H2,1-3H3,(H,43,45)(H,48,49)/p-1. The molecule has 1 amide bonds. The zero-order valence-electron chi connectivity index (χ0n) is 34.6. The van der Waals surface area contributed by atoms with Crippen molar-refractivity contribution in [2.24, 2.45) is 0 Å². The summed E-state index contributed by atoms with van der Waals surface area (Å²) in [5, 5.41) is 2.48. The van der Waals surface area contributed by atoms with E-state index >= 15 is 0 Å². The first-order valence-corrected chi connectivity index (χ1v) is 23.3. The highest BCUT2D eigenvalue weighted by molar-refractivity contribution is 7.45. The molecule has 0 aliphatic carbocycles. The molecular formula is C42H79NO10P-. The molecule has 0 aliphatic rings. The van der Waals surface area contributed by atoms with Gasteiger partial charge in [0.25, 0.3) is 7.82 Å². The number of hydrogen-bond acceptors (Lipinski definition) is 10. The van der Waals surface area contributed by atoms with Crippen LogP contribution in [0.5, 0.6) is 0 Å². The second kappa shape index (κ2) is 38.1. The zero-order valence-corrected chi connectivity index (χ0v) is 35.5. The van der Waals surface area contributed by atoms with Gasteiger partial charge in [-0.25, -0.2) is 0 Å². The van der Waals surface area contributed by atoms with Crippen molar-refractivity contribution in [3.05, 3.63) is 0 Å². The third-order valence-corrected chi connectivity index (χ3v) is 10.5. The van der Waals surface area contributed by atoms with E-state index < -0.39 is 51.6 Å². The van der Waals surface area contributed by atoms with E-state index in [0.29, 0.717) is 12.8 Å². The first kappa shape index (κ1) is 52.2. The van der Waals surface area contributed by atoms with Crippen molar-refractivity contribution in [1.82, 2.24) is 5.32 Å². The Bertz CT molecular complexity index is 933. The highest BCUT2D eigenvalue weighted by Gasteiger charge is 2.22. The Morgan fingerprint density at radius 1 is 0.537 bits per heavy atom. The lowest BCUT2D eigenvalue weighted by Gasteiger charge is -2.27. The Balaban J connectivity index is 4.48. The van der Waals surface area contributed by atoms with Crippen LogP contribution >= 0.6 is 7.82 Å². The lowest BCUT2D eigenvalue weighted by Crippen LogP contribution is -2.31. The first-order valence-electron chi connectivity index (χ1n) is 21.8. The molecule has 12 heteroatoms. The number of rotatable bonds is 41. The molecule has 0 rings (SSSR count). The van der Waals surface area contributed by atoms with Crippen molar-refractivity contribution in [2.45, 2.75) is 219 Å². The van der Waals surface area contributed by atoms with Gasteiger partial charge in [0.2, 0.25) is 5.91 Å². The molecule has 318 valence electrons. The molecule has 0 bridgehead atoms. The van der Waals surface area contributed by atoms with Gasteiger partial charge >= 0.3 is 11.9 Å². The van der Waals surface area contributed by atoms with E-state index in [0.717, 1.165) is 38.5 Å². The number of hydrogen-bond donors (Lipinski definition) is 1. The molecule has 0 spiro atoms. The predicted octanol–water partition coefficient (Wildman–Crippen LogP) is 10.4. The first-order chi connectivity index (χ1) is 26.1. The van der Waals surface area contributed by atoms with Crippen molar-refractivity contribution in [3.63, 3.8) is 0 Å². The molecule has 1 N–H and O–H groups in total. The Hall–Kier alpha value is -1.81. The van der Waals surface area contributed by atoms with Gasteiger partial charge in [0.15, 0.2) is 0 Å². The number of Topliss-reactive ketones (excluding diaryl/α,β-unsaturated/α-hetero) is 1. The second-order valence-corrected chi connectivity index (χ2v) is 16.3.